The Bertz CT molecular complexity index is 1170. The normalized spacial score (nSPS) is 28.5. The third-order valence-electron chi connectivity index (χ3n) is 8.00. The average molecular weight is 485 g/mol. The highest BCUT2D eigenvalue weighted by Crippen LogP contribution is 2.65. The Balaban J connectivity index is 1.41. The molecule has 2 bridgehead atoms. The Morgan fingerprint density at radius 1 is 1.26 bits per heavy atom. The number of hydrogen-bond acceptors (Lipinski definition) is 7. The van der Waals surface area contributed by atoms with Crippen molar-refractivity contribution >= 4 is 46.6 Å². The summed E-state index contributed by atoms with van der Waals surface area (Å²) in [4.78, 5) is 33.3. The lowest BCUT2D eigenvalue weighted by Crippen LogP contribution is -2.69. The third kappa shape index (κ3) is 3.62. The lowest BCUT2D eigenvalue weighted by molar-refractivity contribution is -0.155. The summed E-state index contributed by atoms with van der Waals surface area (Å²) in [6.07, 6.45) is 3.44. The highest BCUT2D eigenvalue weighted by atomic mass is 35.5. The zero-order chi connectivity index (χ0) is 24.3. The fraction of sp³-hybridized carbons (Fsp3) is 0.500. The summed E-state index contributed by atoms with van der Waals surface area (Å²) < 4.78 is 5.49. The fourth-order valence-corrected chi connectivity index (χ4v) is 6.12. The van der Waals surface area contributed by atoms with Gasteiger partial charge in [-0.1, -0.05) is 25.4 Å². The van der Waals surface area contributed by atoms with E-state index in [1.165, 1.54) is 0 Å². The Morgan fingerprint density at radius 2 is 2.06 bits per heavy atom. The molecule has 34 heavy (non-hydrogen) atoms. The number of aromatic nitrogens is 2. The van der Waals surface area contributed by atoms with Gasteiger partial charge in [-0.15, -0.1) is 0 Å². The second kappa shape index (κ2) is 8.01. The van der Waals surface area contributed by atoms with Gasteiger partial charge in [0, 0.05) is 18.8 Å². The van der Waals surface area contributed by atoms with Gasteiger partial charge >= 0.3 is 0 Å². The number of rotatable bonds is 5. The number of carbonyl (C=O) groups excluding carboxylic acids is 2. The first-order valence-corrected chi connectivity index (χ1v) is 11.9. The van der Waals surface area contributed by atoms with Gasteiger partial charge < -0.3 is 26.0 Å². The zero-order valence-electron chi connectivity index (χ0n) is 19.7. The Hall–Kier alpha value is -3.07. The van der Waals surface area contributed by atoms with Crippen molar-refractivity contribution in [3.8, 4) is 5.75 Å². The second-order valence-corrected chi connectivity index (χ2v) is 10.6. The third-order valence-corrected chi connectivity index (χ3v) is 8.28. The van der Waals surface area contributed by atoms with Gasteiger partial charge in [0.05, 0.1) is 23.3 Å². The van der Waals surface area contributed by atoms with E-state index in [2.05, 4.69) is 52.0 Å². The van der Waals surface area contributed by atoms with Crippen LogP contribution in [0.25, 0.3) is 0 Å². The van der Waals surface area contributed by atoms with Gasteiger partial charge in [0.15, 0.2) is 12.4 Å². The Kier molecular flexibility index (Phi) is 5.35. The summed E-state index contributed by atoms with van der Waals surface area (Å²) in [7, 11) is 1.68. The quantitative estimate of drug-likeness (QED) is 0.509. The van der Waals surface area contributed by atoms with Crippen LogP contribution in [0.15, 0.2) is 24.4 Å². The molecule has 0 radical (unpaired) electrons. The Morgan fingerprint density at radius 3 is 2.79 bits per heavy atom. The monoisotopic (exact) mass is 484 g/mol. The number of fused-ring (bicyclic) bond motifs is 3. The molecule has 2 amide bonds. The molecule has 10 heteroatoms. The molecule has 6 rings (SSSR count). The molecule has 2 aromatic rings. The highest BCUT2D eigenvalue weighted by molar-refractivity contribution is 6.32. The zero-order valence-corrected chi connectivity index (χ0v) is 20.4. The van der Waals surface area contributed by atoms with Gasteiger partial charge in [-0.05, 0) is 49.1 Å². The van der Waals surface area contributed by atoms with Crippen LogP contribution >= 0.6 is 11.6 Å². The molecule has 4 N–H and O–H groups in total. The predicted molar refractivity (Wildman–Crippen MR) is 130 cm³/mol. The molecule has 1 aromatic heterocycles. The maximum atomic E-state index is 12.8. The van der Waals surface area contributed by atoms with E-state index in [1.807, 2.05) is 0 Å². The molecule has 3 aliphatic carbocycles. The molecule has 3 saturated carbocycles. The van der Waals surface area contributed by atoms with Crippen LogP contribution in [0.2, 0.25) is 5.02 Å². The molecule has 3 fully saturated rings. The molecule has 1 aromatic carbocycles. The van der Waals surface area contributed by atoms with Crippen molar-refractivity contribution in [3.63, 3.8) is 0 Å². The largest absolute Gasteiger partial charge is 0.482 e. The second-order valence-electron chi connectivity index (χ2n) is 10.2. The van der Waals surface area contributed by atoms with Gasteiger partial charge in [-0.2, -0.15) is 4.98 Å². The number of halogens is 1. The number of benzene rings is 1. The van der Waals surface area contributed by atoms with Crippen LogP contribution in [0, 0.1) is 23.2 Å². The molecule has 180 valence electrons. The maximum Gasteiger partial charge on any atom is 0.262 e. The number of nitrogens with one attached hydrogen (secondary N) is 4. The minimum atomic E-state index is -0.508. The van der Waals surface area contributed by atoms with Crippen molar-refractivity contribution in [1.29, 1.82) is 0 Å². The minimum Gasteiger partial charge on any atom is -0.482 e. The highest BCUT2D eigenvalue weighted by Gasteiger charge is 2.64. The topological polar surface area (TPSA) is 117 Å². The van der Waals surface area contributed by atoms with Gasteiger partial charge in [0.1, 0.15) is 10.8 Å². The summed E-state index contributed by atoms with van der Waals surface area (Å²) in [5, 5.41) is 12.7. The van der Waals surface area contributed by atoms with E-state index in [1.54, 1.807) is 31.4 Å². The predicted octanol–water partition coefficient (Wildman–Crippen LogP) is 3.80. The smallest absolute Gasteiger partial charge is 0.262 e. The lowest BCUT2D eigenvalue weighted by atomic mass is 9.40. The van der Waals surface area contributed by atoms with Crippen molar-refractivity contribution in [3.05, 3.63) is 29.4 Å². The van der Waals surface area contributed by atoms with Crippen LogP contribution in [0.1, 0.15) is 33.6 Å². The van der Waals surface area contributed by atoms with Crippen LogP contribution in [-0.2, 0) is 9.59 Å². The summed E-state index contributed by atoms with van der Waals surface area (Å²) >= 11 is 6.51. The van der Waals surface area contributed by atoms with E-state index < -0.39 is 5.54 Å². The fourth-order valence-electron chi connectivity index (χ4n) is 5.99. The van der Waals surface area contributed by atoms with E-state index >= 15 is 0 Å². The molecule has 0 spiro atoms. The number of amides is 2. The average Bonchev–Trinajstić information content (AvgIpc) is 2.80. The van der Waals surface area contributed by atoms with E-state index in [4.69, 9.17) is 16.3 Å². The first kappa shape index (κ1) is 22.7. The van der Waals surface area contributed by atoms with Gasteiger partial charge in [-0.3, -0.25) is 9.59 Å². The van der Waals surface area contributed by atoms with Crippen molar-refractivity contribution in [2.45, 2.75) is 39.2 Å². The number of ether oxygens (including phenoxy) is 1. The number of nitrogens with zero attached hydrogens (tertiary/aromatic N) is 2. The first-order valence-electron chi connectivity index (χ1n) is 11.5. The van der Waals surface area contributed by atoms with Crippen LogP contribution in [0.5, 0.6) is 5.75 Å². The van der Waals surface area contributed by atoms with Crippen LogP contribution in [0.3, 0.4) is 0 Å². The molecule has 9 nitrogen and oxygen atoms in total. The van der Waals surface area contributed by atoms with Crippen molar-refractivity contribution in [2.24, 2.45) is 23.2 Å². The molecule has 4 atom stereocenters. The summed E-state index contributed by atoms with van der Waals surface area (Å²) in [5.74, 6) is 1.90. The van der Waals surface area contributed by atoms with E-state index in [-0.39, 0.29) is 29.8 Å². The Labute approximate surface area is 203 Å². The van der Waals surface area contributed by atoms with Gasteiger partial charge in [0.25, 0.3) is 5.91 Å². The van der Waals surface area contributed by atoms with E-state index in [9.17, 15) is 9.59 Å². The van der Waals surface area contributed by atoms with Crippen LogP contribution in [0.4, 0.5) is 23.1 Å². The molecule has 4 aliphatic rings. The number of carbonyl (C=O) groups is 2. The van der Waals surface area contributed by atoms with E-state index in [0.29, 0.717) is 45.7 Å². The van der Waals surface area contributed by atoms with Crippen molar-refractivity contribution in [2.75, 3.05) is 29.6 Å². The molecular formula is C24H29ClN6O3. The van der Waals surface area contributed by atoms with Gasteiger partial charge in [0.2, 0.25) is 11.9 Å². The first-order chi connectivity index (χ1) is 16.1. The van der Waals surface area contributed by atoms with Crippen LogP contribution < -0.4 is 26.0 Å². The molecule has 0 unspecified atom stereocenters. The lowest BCUT2D eigenvalue weighted by Gasteiger charge is -2.66. The van der Waals surface area contributed by atoms with Gasteiger partial charge in [-0.25, -0.2) is 4.98 Å². The summed E-state index contributed by atoms with van der Waals surface area (Å²) in [5.41, 5.74) is 0.947. The summed E-state index contributed by atoms with van der Waals surface area (Å²) in [6.45, 7) is 6.64. The van der Waals surface area contributed by atoms with E-state index in [0.717, 1.165) is 12.8 Å². The SMILES string of the molecule is CNC(=O)[C@H]1C[C@H]2C[C@H](C2(C)C)[C@@]1(C)Nc1nc(Nc2ccc3c(c2)OCC(=O)N3)ncc1Cl. The molecule has 2 heterocycles. The minimum absolute atomic E-state index is 0.0224. The molecule has 1 aliphatic heterocycles. The maximum absolute atomic E-state index is 12.8. The standard InChI is InChI=1S/C24H29ClN6O3/c1-23(2)12-7-14(21(33)26-4)24(3,18(23)8-12)31-20-15(25)10-27-22(30-20)28-13-5-6-16-17(9-13)34-11-19(32)29-16/h5-6,9-10,12,14,18H,7-8,11H2,1-4H3,(H,26,33)(H,29,32)(H2,27,28,30,31)/t12-,14+,18+,24-/m0/s1. The van der Waals surface area contributed by atoms with Crippen molar-refractivity contribution in [1.82, 2.24) is 15.3 Å². The number of hydrogen-bond donors (Lipinski definition) is 4. The summed E-state index contributed by atoms with van der Waals surface area (Å²) in [6, 6.07) is 5.34. The molecular weight excluding hydrogens is 456 g/mol. The molecule has 0 saturated heterocycles. The van der Waals surface area contributed by atoms with Crippen LogP contribution in [-0.4, -0.2) is 41.0 Å². The number of anilines is 4. The van der Waals surface area contributed by atoms with Crippen molar-refractivity contribution < 1.29 is 14.3 Å².